The molecule has 2 heterocycles. The Morgan fingerprint density at radius 3 is 2.42 bits per heavy atom. The molecule has 0 atom stereocenters. The van der Waals surface area contributed by atoms with Gasteiger partial charge in [-0.15, -0.1) is 0 Å². The molecule has 1 aromatic carbocycles. The van der Waals surface area contributed by atoms with Crippen LogP contribution in [0, 0.1) is 6.92 Å². The topological polar surface area (TPSA) is 82.7 Å². The molecule has 0 bridgehead atoms. The summed E-state index contributed by atoms with van der Waals surface area (Å²) >= 11 is 0. The average molecular weight is 253 g/mol. The van der Waals surface area contributed by atoms with E-state index in [1.165, 1.54) is 0 Å². The second kappa shape index (κ2) is 3.98. The minimum Gasteiger partial charge on any atom is -0.399 e. The molecule has 19 heavy (non-hydrogen) atoms. The molecule has 0 aliphatic heterocycles. The van der Waals surface area contributed by atoms with Crippen LogP contribution in [0.15, 0.2) is 30.5 Å². The fraction of sp³-hybridized carbons (Fsp3) is 0.143. The van der Waals surface area contributed by atoms with E-state index in [-0.39, 0.29) is 0 Å². The van der Waals surface area contributed by atoms with E-state index in [0.29, 0.717) is 11.6 Å². The maximum absolute atomic E-state index is 6.05. The number of nitrogen functional groups attached to an aromatic ring is 2. The van der Waals surface area contributed by atoms with Gasteiger partial charge in [0.25, 0.3) is 0 Å². The van der Waals surface area contributed by atoms with E-state index < -0.39 is 0 Å². The summed E-state index contributed by atoms with van der Waals surface area (Å²) in [6, 6.07) is 7.70. The summed E-state index contributed by atoms with van der Waals surface area (Å²) in [5.41, 5.74) is 15.4. The molecule has 96 valence electrons. The van der Waals surface area contributed by atoms with Gasteiger partial charge in [-0.3, -0.25) is 0 Å². The summed E-state index contributed by atoms with van der Waals surface area (Å²) in [6.07, 6.45) is 2.01. The van der Waals surface area contributed by atoms with Crippen LogP contribution >= 0.6 is 0 Å². The van der Waals surface area contributed by atoms with Crippen LogP contribution in [-0.2, 0) is 7.05 Å². The van der Waals surface area contributed by atoms with E-state index in [1.54, 1.807) is 0 Å². The van der Waals surface area contributed by atoms with Crippen LogP contribution in [0.2, 0.25) is 0 Å². The standard InChI is InChI=1S/C14H15N5/c1-8-17-13(16)12-11(7-19(2)14(12)18-8)9-3-5-10(15)6-4-9/h3-7H,15H2,1-2H3,(H2,16,17,18). The lowest BCUT2D eigenvalue weighted by Crippen LogP contribution is -1.98. The van der Waals surface area contributed by atoms with Crippen molar-refractivity contribution in [1.82, 2.24) is 14.5 Å². The first-order valence-electron chi connectivity index (χ1n) is 6.01. The molecule has 3 aromatic rings. The summed E-state index contributed by atoms with van der Waals surface area (Å²) in [5.74, 6) is 1.19. The van der Waals surface area contributed by atoms with Crippen LogP contribution < -0.4 is 11.5 Å². The highest BCUT2D eigenvalue weighted by Crippen LogP contribution is 2.32. The minimum absolute atomic E-state index is 0.509. The molecule has 5 nitrogen and oxygen atoms in total. The van der Waals surface area contributed by atoms with Crippen LogP contribution in [0.1, 0.15) is 5.82 Å². The Kier molecular flexibility index (Phi) is 2.41. The summed E-state index contributed by atoms with van der Waals surface area (Å²) in [5, 5.41) is 0.887. The van der Waals surface area contributed by atoms with Crippen molar-refractivity contribution in [3.8, 4) is 11.1 Å². The smallest absolute Gasteiger partial charge is 0.146 e. The van der Waals surface area contributed by atoms with Crippen molar-refractivity contribution in [3.63, 3.8) is 0 Å². The number of fused-ring (bicyclic) bond motifs is 1. The molecular weight excluding hydrogens is 238 g/mol. The van der Waals surface area contributed by atoms with Gasteiger partial charge in [-0.05, 0) is 24.6 Å². The third-order valence-corrected chi connectivity index (χ3v) is 3.18. The monoisotopic (exact) mass is 253 g/mol. The highest BCUT2D eigenvalue weighted by Gasteiger charge is 2.14. The van der Waals surface area contributed by atoms with Crippen molar-refractivity contribution in [1.29, 1.82) is 0 Å². The first-order chi connectivity index (χ1) is 9.06. The number of hydrogen-bond acceptors (Lipinski definition) is 4. The Labute approximate surface area is 110 Å². The van der Waals surface area contributed by atoms with Gasteiger partial charge in [0, 0.05) is 24.5 Å². The Balaban J connectivity index is 2.33. The summed E-state index contributed by atoms with van der Waals surface area (Å²) in [6.45, 7) is 1.84. The molecule has 0 saturated heterocycles. The zero-order valence-corrected chi connectivity index (χ0v) is 10.9. The molecule has 0 fully saturated rings. The van der Waals surface area contributed by atoms with Gasteiger partial charge in [-0.2, -0.15) is 0 Å². The van der Waals surface area contributed by atoms with Gasteiger partial charge in [0.05, 0.1) is 5.39 Å². The molecule has 0 saturated carbocycles. The highest BCUT2D eigenvalue weighted by atomic mass is 15.1. The van der Waals surface area contributed by atoms with E-state index >= 15 is 0 Å². The number of benzene rings is 1. The molecule has 0 amide bonds. The van der Waals surface area contributed by atoms with Gasteiger partial charge >= 0.3 is 0 Å². The third kappa shape index (κ3) is 1.79. The van der Waals surface area contributed by atoms with E-state index in [0.717, 1.165) is 27.8 Å². The fourth-order valence-corrected chi connectivity index (χ4v) is 2.29. The molecule has 5 heteroatoms. The maximum atomic E-state index is 6.05. The number of nitrogens with two attached hydrogens (primary N) is 2. The van der Waals surface area contributed by atoms with Crippen molar-refractivity contribution in [3.05, 3.63) is 36.3 Å². The molecule has 0 spiro atoms. The Morgan fingerprint density at radius 1 is 1.05 bits per heavy atom. The van der Waals surface area contributed by atoms with Gasteiger partial charge in [-0.1, -0.05) is 12.1 Å². The first kappa shape index (κ1) is 11.5. The van der Waals surface area contributed by atoms with Crippen molar-refractivity contribution >= 4 is 22.5 Å². The van der Waals surface area contributed by atoms with Crippen LogP contribution in [0.25, 0.3) is 22.2 Å². The SMILES string of the molecule is Cc1nc(N)c2c(-c3ccc(N)cc3)cn(C)c2n1. The lowest BCUT2D eigenvalue weighted by atomic mass is 10.1. The first-order valence-corrected chi connectivity index (χ1v) is 6.01. The summed E-state index contributed by atoms with van der Waals surface area (Å²) in [4.78, 5) is 8.69. The quantitative estimate of drug-likeness (QED) is 0.651. The summed E-state index contributed by atoms with van der Waals surface area (Å²) in [7, 11) is 1.95. The normalized spacial score (nSPS) is 11.1. The molecule has 2 aromatic heterocycles. The molecule has 3 rings (SSSR count). The van der Waals surface area contributed by atoms with Crippen LogP contribution in [-0.4, -0.2) is 14.5 Å². The number of anilines is 2. The minimum atomic E-state index is 0.509. The van der Waals surface area contributed by atoms with Crippen molar-refractivity contribution in [2.45, 2.75) is 6.92 Å². The number of rotatable bonds is 1. The Morgan fingerprint density at radius 2 is 1.74 bits per heavy atom. The van der Waals surface area contributed by atoms with E-state index in [4.69, 9.17) is 11.5 Å². The van der Waals surface area contributed by atoms with Crippen LogP contribution in [0.4, 0.5) is 11.5 Å². The molecular formula is C14H15N5. The second-order valence-corrected chi connectivity index (χ2v) is 4.63. The van der Waals surface area contributed by atoms with Crippen molar-refractivity contribution in [2.75, 3.05) is 11.5 Å². The molecule has 0 radical (unpaired) electrons. The van der Waals surface area contributed by atoms with Gasteiger partial charge < -0.3 is 16.0 Å². The lowest BCUT2D eigenvalue weighted by molar-refractivity contribution is 0.933. The van der Waals surface area contributed by atoms with Crippen LogP contribution in [0.3, 0.4) is 0 Å². The number of aryl methyl sites for hydroxylation is 2. The van der Waals surface area contributed by atoms with E-state index in [9.17, 15) is 0 Å². The van der Waals surface area contributed by atoms with E-state index in [1.807, 2.05) is 49.0 Å². The van der Waals surface area contributed by atoms with E-state index in [2.05, 4.69) is 9.97 Å². The zero-order chi connectivity index (χ0) is 13.6. The number of nitrogens with zero attached hydrogens (tertiary/aromatic N) is 3. The average Bonchev–Trinajstić information content (AvgIpc) is 2.68. The zero-order valence-electron chi connectivity index (χ0n) is 10.9. The molecule has 0 aliphatic rings. The molecule has 0 aliphatic carbocycles. The fourth-order valence-electron chi connectivity index (χ4n) is 2.29. The second-order valence-electron chi connectivity index (χ2n) is 4.63. The predicted octanol–water partition coefficient (Wildman–Crippen LogP) is 2.11. The molecule has 0 unspecified atom stereocenters. The lowest BCUT2D eigenvalue weighted by Gasteiger charge is -2.03. The van der Waals surface area contributed by atoms with Crippen molar-refractivity contribution in [2.24, 2.45) is 7.05 Å². The van der Waals surface area contributed by atoms with Crippen LogP contribution in [0.5, 0.6) is 0 Å². The number of aromatic nitrogens is 3. The third-order valence-electron chi connectivity index (χ3n) is 3.18. The predicted molar refractivity (Wildman–Crippen MR) is 77.5 cm³/mol. The number of hydrogen-bond donors (Lipinski definition) is 2. The van der Waals surface area contributed by atoms with Gasteiger partial charge in [0.15, 0.2) is 0 Å². The Bertz CT molecular complexity index is 756. The maximum Gasteiger partial charge on any atom is 0.146 e. The van der Waals surface area contributed by atoms with Gasteiger partial charge in [0.1, 0.15) is 17.3 Å². The van der Waals surface area contributed by atoms with Crippen molar-refractivity contribution < 1.29 is 0 Å². The largest absolute Gasteiger partial charge is 0.399 e. The Hall–Kier alpha value is -2.56. The highest BCUT2D eigenvalue weighted by molar-refractivity contribution is 6.00. The summed E-state index contributed by atoms with van der Waals surface area (Å²) < 4.78 is 1.96. The molecule has 4 N–H and O–H groups in total. The van der Waals surface area contributed by atoms with Gasteiger partial charge in [-0.25, -0.2) is 9.97 Å². The van der Waals surface area contributed by atoms with Gasteiger partial charge in [0.2, 0.25) is 0 Å².